The van der Waals surface area contributed by atoms with Gasteiger partial charge in [-0.15, -0.1) is 0 Å². The van der Waals surface area contributed by atoms with Crippen molar-refractivity contribution in [1.82, 2.24) is 0 Å². The number of hydrogen-bond donors (Lipinski definition) is 2. The summed E-state index contributed by atoms with van der Waals surface area (Å²) in [4.78, 5) is 23.5. The Morgan fingerprint density at radius 3 is 2.77 bits per heavy atom. The third-order valence-electron chi connectivity index (χ3n) is 3.60. The van der Waals surface area contributed by atoms with E-state index in [4.69, 9.17) is 30.9 Å². The molecule has 3 rings (SSSR count). The molecule has 8 heteroatoms. The van der Waals surface area contributed by atoms with E-state index in [0.717, 1.165) is 0 Å². The monoisotopic (exact) mass is 375 g/mol. The smallest absolute Gasteiger partial charge is 0.337 e. The summed E-state index contributed by atoms with van der Waals surface area (Å²) in [6.45, 7) is 0.0824. The number of halogens is 1. The second kappa shape index (κ2) is 7.37. The zero-order chi connectivity index (χ0) is 18.7. The number of hydrogen-bond acceptors (Lipinski definition) is 5. The molecule has 2 aromatic carbocycles. The van der Waals surface area contributed by atoms with Gasteiger partial charge >= 0.3 is 5.97 Å². The third kappa shape index (κ3) is 3.57. The Kier molecular flexibility index (Phi) is 4.99. The average molecular weight is 376 g/mol. The van der Waals surface area contributed by atoms with Crippen LogP contribution in [0.5, 0.6) is 17.2 Å². The first-order chi connectivity index (χ1) is 12.5. The van der Waals surface area contributed by atoms with Crippen LogP contribution >= 0.6 is 11.6 Å². The minimum absolute atomic E-state index is 0.0323. The van der Waals surface area contributed by atoms with Crippen LogP contribution in [0.2, 0.25) is 0 Å². The molecule has 0 spiro atoms. The van der Waals surface area contributed by atoms with E-state index in [2.05, 4.69) is 5.32 Å². The van der Waals surface area contributed by atoms with Crippen LogP contribution in [0.3, 0.4) is 0 Å². The van der Waals surface area contributed by atoms with Crippen LogP contribution in [0.4, 0.5) is 5.69 Å². The van der Waals surface area contributed by atoms with Crippen molar-refractivity contribution in [2.75, 3.05) is 19.2 Å². The standard InChI is InChI=1S/C18H14ClNO6/c1-24-14-7-10(8-15-16(14)26-9-25-15)6-12(19)17(21)20-13-5-3-2-4-11(13)18(22)23/h2-8H,9H2,1H3,(H,20,21)(H,22,23). The van der Waals surface area contributed by atoms with Crippen LogP contribution in [-0.2, 0) is 4.79 Å². The number of carboxylic acids is 1. The second-order valence-corrected chi connectivity index (χ2v) is 5.66. The maximum Gasteiger partial charge on any atom is 0.337 e. The fraction of sp³-hybridized carbons (Fsp3) is 0.111. The van der Waals surface area contributed by atoms with Gasteiger partial charge in [0, 0.05) is 0 Å². The Morgan fingerprint density at radius 2 is 2.04 bits per heavy atom. The van der Waals surface area contributed by atoms with Crippen LogP contribution < -0.4 is 19.5 Å². The molecular formula is C18H14ClNO6. The van der Waals surface area contributed by atoms with Crippen molar-refractivity contribution in [3.05, 3.63) is 52.6 Å². The topological polar surface area (TPSA) is 94.1 Å². The lowest BCUT2D eigenvalue weighted by Crippen LogP contribution is -2.14. The number of carbonyl (C=O) groups excluding carboxylic acids is 1. The summed E-state index contributed by atoms with van der Waals surface area (Å²) in [7, 11) is 1.49. The molecule has 1 aliphatic heterocycles. The number of aromatic carboxylic acids is 1. The molecule has 0 bridgehead atoms. The lowest BCUT2D eigenvalue weighted by Gasteiger charge is -2.08. The van der Waals surface area contributed by atoms with Crippen LogP contribution in [0.15, 0.2) is 41.4 Å². The van der Waals surface area contributed by atoms with Gasteiger partial charge in [0.1, 0.15) is 5.03 Å². The Bertz CT molecular complexity index is 909. The molecule has 1 amide bonds. The summed E-state index contributed by atoms with van der Waals surface area (Å²) in [6, 6.07) is 9.35. The maximum atomic E-state index is 12.3. The molecule has 0 unspecified atom stereocenters. The first-order valence-electron chi connectivity index (χ1n) is 7.48. The first kappa shape index (κ1) is 17.6. The molecule has 1 aliphatic rings. The average Bonchev–Trinajstić information content (AvgIpc) is 3.09. The largest absolute Gasteiger partial charge is 0.493 e. The summed E-state index contributed by atoms with van der Waals surface area (Å²) in [5, 5.41) is 11.5. The van der Waals surface area contributed by atoms with Crippen molar-refractivity contribution in [2.45, 2.75) is 0 Å². The highest BCUT2D eigenvalue weighted by molar-refractivity contribution is 6.45. The van der Waals surface area contributed by atoms with Gasteiger partial charge in [-0.05, 0) is 35.9 Å². The summed E-state index contributed by atoms with van der Waals surface area (Å²) in [5.41, 5.74) is 0.688. The Labute approximate surface area is 153 Å². The number of anilines is 1. The highest BCUT2D eigenvalue weighted by Crippen LogP contribution is 2.42. The summed E-state index contributed by atoms with van der Waals surface area (Å²) in [5.74, 6) is -0.372. The number of para-hydroxylation sites is 1. The van der Waals surface area contributed by atoms with E-state index in [1.54, 1.807) is 24.3 Å². The van der Waals surface area contributed by atoms with Gasteiger partial charge in [-0.2, -0.15) is 0 Å². The van der Waals surface area contributed by atoms with Gasteiger partial charge in [-0.3, -0.25) is 4.79 Å². The van der Waals surface area contributed by atoms with E-state index in [9.17, 15) is 9.59 Å². The van der Waals surface area contributed by atoms with Crippen LogP contribution in [0.25, 0.3) is 6.08 Å². The van der Waals surface area contributed by atoms with Gasteiger partial charge in [0.25, 0.3) is 5.91 Å². The molecule has 0 fully saturated rings. The van der Waals surface area contributed by atoms with Crippen LogP contribution in [0, 0.1) is 0 Å². The van der Waals surface area contributed by atoms with Crippen molar-refractivity contribution in [3.8, 4) is 17.2 Å². The Hall–Kier alpha value is -3.19. The molecule has 0 radical (unpaired) electrons. The predicted octanol–water partition coefficient (Wildman–Crippen LogP) is 3.34. The number of nitrogens with one attached hydrogen (secondary N) is 1. The number of carboxylic acid groups (broad SMARTS) is 1. The molecule has 2 N–H and O–H groups in total. The number of methoxy groups -OCH3 is 1. The quantitative estimate of drug-likeness (QED) is 0.778. The zero-order valence-corrected chi connectivity index (χ0v) is 14.4. The Morgan fingerprint density at radius 1 is 1.27 bits per heavy atom. The van der Waals surface area contributed by atoms with Gasteiger partial charge < -0.3 is 24.6 Å². The summed E-state index contributed by atoms with van der Waals surface area (Å²) in [6.07, 6.45) is 1.42. The third-order valence-corrected chi connectivity index (χ3v) is 3.88. The number of fused-ring (bicyclic) bond motifs is 1. The number of ether oxygens (including phenoxy) is 3. The van der Waals surface area contributed by atoms with Gasteiger partial charge in [-0.1, -0.05) is 23.7 Å². The number of amides is 1. The molecule has 26 heavy (non-hydrogen) atoms. The highest BCUT2D eigenvalue weighted by Gasteiger charge is 2.20. The molecule has 0 aliphatic carbocycles. The molecule has 134 valence electrons. The van der Waals surface area contributed by atoms with Gasteiger partial charge in [0.15, 0.2) is 11.5 Å². The molecule has 0 saturated heterocycles. The molecule has 1 heterocycles. The van der Waals surface area contributed by atoms with Crippen molar-refractivity contribution in [2.24, 2.45) is 0 Å². The van der Waals surface area contributed by atoms with E-state index in [-0.39, 0.29) is 23.1 Å². The minimum Gasteiger partial charge on any atom is -0.493 e. The number of carbonyl (C=O) groups is 2. The van der Waals surface area contributed by atoms with Crippen molar-refractivity contribution >= 4 is 35.2 Å². The molecule has 2 aromatic rings. The molecule has 7 nitrogen and oxygen atoms in total. The normalized spacial score (nSPS) is 12.6. The second-order valence-electron chi connectivity index (χ2n) is 5.25. The molecule has 0 aromatic heterocycles. The van der Waals surface area contributed by atoms with E-state index < -0.39 is 11.9 Å². The number of benzene rings is 2. The highest BCUT2D eigenvalue weighted by atomic mass is 35.5. The zero-order valence-electron chi connectivity index (χ0n) is 13.6. The number of rotatable bonds is 5. The first-order valence-corrected chi connectivity index (χ1v) is 7.86. The predicted molar refractivity (Wildman–Crippen MR) is 95.0 cm³/mol. The van der Waals surface area contributed by atoms with Gasteiger partial charge in [0.05, 0.1) is 18.4 Å². The molecule has 0 saturated carbocycles. The van der Waals surface area contributed by atoms with Crippen molar-refractivity contribution in [3.63, 3.8) is 0 Å². The van der Waals surface area contributed by atoms with Gasteiger partial charge in [0.2, 0.25) is 12.5 Å². The fourth-order valence-corrected chi connectivity index (χ4v) is 2.58. The molecule has 0 atom stereocenters. The maximum absolute atomic E-state index is 12.3. The van der Waals surface area contributed by atoms with Crippen molar-refractivity contribution < 1.29 is 28.9 Å². The van der Waals surface area contributed by atoms with E-state index in [0.29, 0.717) is 22.8 Å². The SMILES string of the molecule is COc1cc(C=C(Cl)C(=O)Nc2ccccc2C(=O)O)cc2c1OCO2. The van der Waals surface area contributed by atoms with Crippen LogP contribution in [0.1, 0.15) is 15.9 Å². The fourth-order valence-electron chi connectivity index (χ4n) is 2.41. The lowest BCUT2D eigenvalue weighted by atomic mass is 10.1. The van der Waals surface area contributed by atoms with E-state index in [1.807, 2.05) is 0 Å². The summed E-state index contributed by atoms with van der Waals surface area (Å²) >= 11 is 6.08. The molecular weight excluding hydrogens is 362 g/mol. The Balaban J connectivity index is 1.84. The summed E-state index contributed by atoms with van der Waals surface area (Å²) < 4.78 is 15.9. The van der Waals surface area contributed by atoms with Crippen molar-refractivity contribution in [1.29, 1.82) is 0 Å². The lowest BCUT2D eigenvalue weighted by molar-refractivity contribution is -0.112. The van der Waals surface area contributed by atoms with Gasteiger partial charge in [-0.25, -0.2) is 4.79 Å². The van der Waals surface area contributed by atoms with E-state index >= 15 is 0 Å². The van der Waals surface area contributed by atoms with Crippen LogP contribution in [-0.4, -0.2) is 30.9 Å². The minimum atomic E-state index is -1.15. The van der Waals surface area contributed by atoms with E-state index in [1.165, 1.54) is 25.3 Å².